The van der Waals surface area contributed by atoms with Crippen LogP contribution in [0.5, 0.6) is 5.75 Å². The zero-order valence-electron chi connectivity index (χ0n) is 23.0. The second-order valence-corrected chi connectivity index (χ2v) is 11.6. The fourth-order valence-corrected chi connectivity index (χ4v) is 6.62. The molecule has 0 bridgehead atoms. The van der Waals surface area contributed by atoms with Gasteiger partial charge < -0.3 is 19.0 Å². The lowest BCUT2D eigenvalue weighted by Crippen LogP contribution is -2.52. The first-order chi connectivity index (χ1) is 19.1. The van der Waals surface area contributed by atoms with Gasteiger partial charge in [0.2, 0.25) is 5.89 Å². The van der Waals surface area contributed by atoms with E-state index in [1.165, 1.54) is 42.2 Å². The maximum absolute atomic E-state index is 14.1. The number of oxazole rings is 1. The fourth-order valence-electron chi connectivity index (χ4n) is 5.38. The Morgan fingerprint density at radius 1 is 1.23 bits per heavy atom. The van der Waals surface area contributed by atoms with Crippen LogP contribution in [0.2, 0.25) is 0 Å². The molecule has 0 saturated heterocycles. The number of carbonyl (C=O) groups is 1. The largest absolute Gasteiger partial charge is 0.496 e. The third-order valence-corrected chi connectivity index (χ3v) is 8.97. The number of benzene rings is 1. The Hall–Kier alpha value is -3.70. The number of fused-ring (bicyclic) bond motifs is 1. The molecule has 1 N–H and O–H groups in total. The molecule has 40 heavy (non-hydrogen) atoms. The molecule has 5 rings (SSSR count). The third kappa shape index (κ3) is 4.88. The van der Waals surface area contributed by atoms with Crippen molar-refractivity contribution in [2.24, 2.45) is 0 Å². The second kappa shape index (κ2) is 11.1. The standard InChI is InChI=1S/C29H33N3O7S/c1-17-22-25(33)32(29(2,3)27(34)35)28(36)31(26(22)40-23(17)24-30-14-15-38-24)16-21(39-18-10-6-5-7-11-18)19-12-8-9-13-20(19)37-4/h8-9,12-15,18,21H,5-7,10-11,16H2,1-4H3,(H,34,35)/t21-/m0/s1. The Balaban J connectivity index is 1.76. The molecule has 3 aromatic heterocycles. The molecular weight excluding hydrogens is 534 g/mol. The van der Waals surface area contributed by atoms with E-state index in [-0.39, 0.29) is 18.0 Å². The monoisotopic (exact) mass is 567 g/mol. The highest BCUT2D eigenvalue weighted by molar-refractivity contribution is 7.22. The van der Waals surface area contributed by atoms with E-state index < -0.39 is 28.9 Å². The summed E-state index contributed by atoms with van der Waals surface area (Å²) in [6.07, 6.45) is 7.47. The highest BCUT2D eigenvalue weighted by Gasteiger charge is 2.36. The van der Waals surface area contributed by atoms with Crippen molar-refractivity contribution in [2.45, 2.75) is 77.2 Å². The zero-order chi connectivity index (χ0) is 28.6. The van der Waals surface area contributed by atoms with Gasteiger partial charge in [0.25, 0.3) is 5.56 Å². The van der Waals surface area contributed by atoms with E-state index >= 15 is 0 Å². The van der Waals surface area contributed by atoms with E-state index in [1.807, 2.05) is 24.3 Å². The molecule has 4 aromatic rings. The molecule has 1 atom stereocenters. The molecule has 1 aliphatic carbocycles. The Bertz CT molecular complexity index is 1640. The molecule has 0 spiro atoms. The van der Waals surface area contributed by atoms with E-state index in [0.29, 0.717) is 26.9 Å². The van der Waals surface area contributed by atoms with Crippen molar-refractivity contribution < 1.29 is 23.8 Å². The van der Waals surface area contributed by atoms with E-state index in [9.17, 15) is 19.5 Å². The van der Waals surface area contributed by atoms with Crippen LogP contribution in [-0.2, 0) is 21.6 Å². The van der Waals surface area contributed by atoms with Gasteiger partial charge in [0, 0.05) is 5.56 Å². The topological polar surface area (TPSA) is 126 Å². The normalized spacial score (nSPS) is 15.4. The summed E-state index contributed by atoms with van der Waals surface area (Å²) in [4.78, 5) is 45.5. The van der Waals surface area contributed by atoms with Crippen LogP contribution in [0.15, 0.2) is 50.7 Å². The Kier molecular flexibility index (Phi) is 7.70. The SMILES string of the molecule is COc1ccccc1[C@H](Cn1c(=O)n(C(C)(C)C(=O)O)c(=O)c2c(C)c(-c3ncco3)sc21)OC1CCCCC1. The number of aliphatic carboxylic acids is 1. The van der Waals surface area contributed by atoms with Crippen molar-refractivity contribution >= 4 is 27.5 Å². The van der Waals surface area contributed by atoms with Gasteiger partial charge >= 0.3 is 11.7 Å². The molecule has 1 saturated carbocycles. The minimum Gasteiger partial charge on any atom is -0.496 e. The van der Waals surface area contributed by atoms with E-state index in [1.54, 1.807) is 14.0 Å². The highest BCUT2D eigenvalue weighted by atomic mass is 32.1. The number of nitrogens with zero attached hydrogens (tertiary/aromatic N) is 3. The lowest BCUT2D eigenvalue weighted by Gasteiger charge is -2.30. The predicted molar refractivity (Wildman–Crippen MR) is 151 cm³/mol. The lowest BCUT2D eigenvalue weighted by molar-refractivity contribution is -0.146. The van der Waals surface area contributed by atoms with Crippen molar-refractivity contribution in [3.63, 3.8) is 0 Å². The summed E-state index contributed by atoms with van der Waals surface area (Å²) < 4.78 is 20.1. The highest BCUT2D eigenvalue weighted by Crippen LogP contribution is 2.38. The van der Waals surface area contributed by atoms with E-state index in [0.717, 1.165) is 42.2 Å². The van der Waals surface area contributed by atoms with Crippen LogP contribution in [0.4, 0.5) is 0 Å². The van der Waals surface area contributed by atoms with Crippen molar-refractivity contribution in [2.75, 3.05) is 7.11 Å². The first kappa shape index (κ1) is 27.9. The molecule has 0 radical (unpaired) electrons. The molecular formula is C29H33N3O7S. The number of rotatable bonds is 9. The third-order valence-electron chi connectivity index (χ3n) is 7.66. The van der Waals surface area contributed by atoms with Gasteiger partial charge in [-0.1, -0.05) is 37.5 Å². The molecule has 3 heterocycles. The van der Waals surface area contributed by atoms with Crippen LogP contribution in [-0.4, -0.2) is 38.4 Å². The number of hydrogen-bond donors (Lipinski definition) is 1. The van der Waals surface area contributed by atoms with Gasteiger partial charge in [-0.15, -0.1) is 11.3 Å². The zero-order valence-corrected chi connectivity index (χ0v) is 23.8. The van der Waals surface area contributed by atoms with Gasteiger partial charge in [-0.05, 0) is 45.2 Å². The summed E-state index contributed by atoms with van der Waals surface area (Å²) in [5.74, 6) is -0.353. The van der Waals surface area contributed by atoms with E-state index in [2.05, 4.69) is 4.98 Å². The quantitative estimate of drug-likeness (QED) is 0.296. The number of carboxylic acids is 1. The van der Waals surface area contributed by atoms with Crippen molar-refractivity contribution in [3.8, 4) is 16.5 Å². The molecule has 212 valence electrons. The summed E-state index contributed by atoms with van der Waals surface area (Å²) in [5, 5.41) is 10.3. The summed E-state index contributed by atoms with van der Waals surface area (Å²) in [6.45, 7) is 4.50. The molecule has 1 aromatic carbocycles. The number of methoxy groups -OCH3 is 1. The Labute approximate surface area is 234 Å². The van der Waals surface area contributed by atoms with Crippen LogP contribution in [0.3, 0.4) is 0 Å². The maximum Gasteiger partial charge on any atom is 0.333 e. The molecule has 0 amide bonds. The van der Waals surface area contributed by atoms with Gasteiger partial charge in [-0.2, -0.15) is 0 Å². The summed E-state index contributed by atoms with van der Waals surface area (Å²) in [5.41, 5.74) is -1.86. The molecule has 10 nitrogen and oxygen atoms in total. The molecule has 0 aliphatic heterocycles. The van der Waals surface area contributed by atoms with Crippen molar-refractivity contribution in [1.29, 1.82) is 0 Å². The van der Waals surface area contributed by atoms with Gasteiger partial charge in [-0.3, -0.25) is 9.36 Å². The first-order valence-electron chi connectivity index (χ1n) is 13.4. The molecule has 11 heteroatoms. The molecule has 1 fully saturated rings. The second-order valence-electron chi connectivity index (χ2n) is 10.6. The fraction of sp³-hybridized carbons (Fsp3) is 0.448. The van der Waals surface area contributed by atoms with Crippen LogP contribution in [0, 0.1) is 6.92 Å². The van der Waals surface area contributed by atoms with Crippen LogP contribution < -0.4 is 16.0 Å². The van der Waals surface area contributed by atoms with Gasteiger partial charge in [-0.25, -0.2) is 19.1 Å². The van der Waals surface area contributed by atoms with Crippen LogP contribution in [0.25, 0.3) is 21.0 Å². The minimum atomic E-state index is -1.80. The number of para-hydroxylation sites is 1. The molecule has 0 unspecified atom stereocenters. The van der Waals surface area contributed by atoms with Crippen LogP contribution >= 0.6 is 11.3 Å². The molecule has 1 aliphatic rings. The number of aromatic nitrogens is 3. The van der Waals surface area contributed by atoms with Gasteiger partial charge in [0.1, 0.15) is 28.5 Å². The number of hydrogen-bond acceptors (Lipinski definition) is 8. The Morgan fingerprint density at radius 2 is 1.95 bits per heavy atom. The first-order valence-corrected chi connectivity index (χ1v) is 14.2. The Morgan fingerprint density at radius 3 is 2.60 bits per heavy atom. The smallest absolute Gasteiger partial charge is 0.333 e. The number of thiophene rings is 1. The van der Waals surface area contributed by atoms with Crippen molar-refractivity contribution in [3.05, 3.63) is 68.7 Å². The van der Waals surface area contributed by atoms with Crippen molar-refractivity contribution in [1.82, 2.24) is 14.1 Å². The summed E-state index contributed by atoms with van der Waals surface area (Å²) >= 11 is 1.22. The van der Waals surface area contributed by atoms with Gasteiger partial charge in [0.05, 0.1) is 36.2 Å². The van der Waals surface area contributed by atoms with Gasteiger partial charge in [0.15, 0.2) is 0 Å². The van der Waals surface area contributed by atoms with E-state index in [4.69, 9.17) is 13.9 Å². The average molecular weight is 568 g/mol. The predicted octanol–water partition coefficient (Wildman–Crippen LogP) is 5.11. The maximum atomic E-state index is 14.1. The average Bonchev–Trinajstić information content (AvgIpc) is 3.59. The minimum absolute atomic E-state index is 0.00386. The lowest BCUT2D eigenvalue weighted by atomic mass is 9.97. The summed E-state index contributed by atoms with van der Waals surface area (Å²) in [6, 6.07) is 7.50. The number of ether oxygens (including phenoxy) is 2. The summed E-state index contributed by atoms with van der Waals surface area (Å²) in [7, 11) is 1.59. The number of carboxylic acid groups (broad SMARTS) is 1. The van der Waals surface area contributed by atoms with Crippen LogP contribution in [0.1, 0.15) is 63.2 Å². The number of aryl methyl sites for hydroxylation is 1.